The van der Waals surface area contributed by atoms with Crippen LogP contribution in [0.4, 0.5) is 4.79 Å². The Balaban J connectivity index is 1.93. The van der Waals surface area contributed by atoms with Crippen molar-refractivity contribution < 1.29 is 28.5 Å². The highest BCUT2D eigenvalue weighted by Crippen LogP contribution is 2.34. The molecular formula is C21H23N3O6. The van der Waals surface area contributed by atoms with E-state index < -0.39 is 17.5 Å². The Bertz CT molecular complexity index is 964. The highest BCUT2D eigenvalue weighted by Gasteiger charge is 2.49. The van der Waals surface area contributed by atoms with Gasteiger partial charge in [-0.05, 0) is 24.6 Å². The van der Waals surface area contributed by atoms with Crippen LogP contribution in [0, 0.1) is 0 Å². The number of ether oxygens (including phenoxy) is 4. The number of hydrogen-bond donors (Lipinski definition) is 1. The molecular weight excluding hydrogens is 390 g/mol. The molecule has 3 amide bonds. The van der Waals surface area contributed by atoms with Gasteiger partial charge in [-0.1, -0.05) is 12.1 Å². The molecule has 3 rings (SSSR count). The minimum atomic E-state index is -1.26. The van der Waals surface area contributed by atoms with Gasteiger partial charge < -0.3 is 24.3 Å². The molecule has 2 aromatic rings. The predicted octanol–water partition coefficient (Wildman–Crippen LogP) is 2.52. The van der Waals surface area contributed by atoms with Gasteiger partial charge in [-0.25, -0.2) is 4.79 Å². The summed E-state index contributed by atoms with van der Waals surface area (Å²) < 4.78 is 21.1. The molecule has 0 bridgehead atoms. The average Bonchev–Trinajstić information content (AvgIpc) is 3.00. The topological polar surface area (TPSA) is 98.7 Å². The number of benzene rings is 2. The summed E-state index contributed by atoms with van der Waals surface area (Å²) in [4.78, 5) is 25.5. The first-order valence-corrected chi connectivity index (χ1v) is 9.03. The first-order chi connectivity index (χ1) is 14.4. The summed E-state index contributed by atoms with van der Waals surface area (Å²) in [5, 5.41) is 7.59. The van der Waals surface area contributed by atoms with Crippen LogP contribution in [-0.4, -0.2) is 51.6 Å². The van der Waals surface area contributed by atoms with Gasteiger partial charge in [0, 0.05) is 12.1 Å². The minimum absolute atomic E-state index is 0.417. The molecule has 1 N–H and O–H groups in total. The van der Waals surface area contributed by atoms with Crippen molar-refractivity contribution in [2.24, 2.45) is 5.10 Å². The Labute approximate surface area is 174 Å². The van der Waals surface area contributed by atoms with Crippen LogP contribution in [0.5, 0.6) is 23.0 Å². The van der Waals surface area contributed by atoms with Crippen molar-refractivity contribution in [3.05, 3.63) is 47.5 Å². The van der Waals surface area contributed by atoms with Crippen LogP contribution < -0.4 is 24.3 Å². The van der Waals surface area contributed by atoms with Crippen molar-refractivity contribution >= 4 is 18.2 Å². The number of rotatable bonds is 7. The maximum atomic E-state index is 13.0. The monoisotopic (exact) mass is 413 g/mol. The van der Waals surface area contributed by atoms with E-state index in [1.165, 1.54) is 27.5 Å². The molecule has 0 aromatic heterocycles. The van der Waals surface area contributed by atoms with Crippen molar-refractivity contribution in [3.8, 4) is 23.0 Å². The maximum Gasteiger partial charge on any atom is 0.346 e. The standard InChI is InChI=1S/C21H23N3O6/c1-21(13-6-8-14(27-2)9-7-13)19(25)24(20(26)23-21)22-12-16-17(29-4)10-15(28-3)11-18(16)30-5/h6-12H,1-5H3,(H,23,26)/t21-/m0/s1. The first kappa shape index (κ1) is 21.0. The number of hydrogen-bond acceptors (Lipinski definition) is 7. The number of urea groups is 1. The van der Waals surface area contributed by atoms with Crippen molar-refractivity contribution in [2.45, 2.75) is 12.5 Å². The second-order valence-corrected chi connectivity index (χ2v) is 6.59. The van der Waals surface area contributed by atoms with Gasteiger partial charge in [0.2, 0.25) is 0 Å². The zero-order valence-corrected chi connectivity index (χ0v) is 17.4. The Morgan fingerprint density at radius 3 is 1.97 bits per heavy atom. The Morgan fingerprint density at radius 2 is 1.47 bits per heavy atom. The molecule has 1 aliphatic rings. The summed E-state index contributed by atoms with van der Waals surface area (Å²) in [6.07, 6.45) is 1.34. The fraction of sp³-hybridized carbons (Fsp3) is 0.286. The van der Waals surface area contributed by atoms with Gasteiger partial charge in [0.1, 0.15) is 28.5 Å². The lowest BCUT2D eigenvalue weighted by Crippen LogP contribution is -2.40. The largest absolute Gasteiger partial charge is 0.497 e. The molecule has 158 valence electrons. The van der Waals surface area contributed by atoms with E-state index in [4.69, 9.17) is 18.9 Å². The quantitative estimate of drug-likeness (QED) is 0.553. The van der Waals surface area contributed by atoms with Gasteiger partial charge in [0.05, 0.1) is 40.2 Å². The molecule has 2 aromatic carbocycles. The first-order valence-electron chi connectivity index (χ1n) is 9.03. The number of amides is 3. The van der Waals surface area contributed by atoms with Gasteiger partial charge in [-0.3, -0.25) is 4.79 Å². The lowest BCUT2D eigenvalue weighted by Gasteiger charge is -2.21. The highest BCUT2D eigenvalue weighted by molar-refractivity contribution is 6.07. The Kier molecular flexibility index (Phi) is 5.81. The fourth-order valence-corrected chi connectivity index (χ4v) is 3.12. The summed E-state index contributed by atoms with van der Waals surface area (Å²) >= 11 is 0. The van der Waals surface area contributed by atoms with E-state index in [1.807, 2.05) is 0 Å². The SMILES string of the molecule is COc1ccc([C@]2(C)NC(=O)N(N=Cc3c(OC)cc(OC)cc3OC)C2=O)cc1. The summed E-state index contributed by atoms with van der Waals surface area (Å²) in [7, 11) is 6.05. The summed E-state index contributed by atoms with van der Waals surface area (Å²) in [6.45, 7) is 1.62. The molecule has 0 aliphatic carbocycles. The van der Waals surface area contributed by atoms with Gasteiger partial charge in [0.25, 0.3) is 5.91 Å². The molecule has 1 atom stereocenters. The van der Waals surface area contributed by atoms with Gasteiger partial charge in [-0.15, -0.1) is 5.01 Å². The third-order valence-corrected chi connectivity index (χ3v) is 4.89. The van der Waals surface area contributed by atoms with Crippen LogP contribution in [0.2, 0.25) is 0 Å². The molecule has 0 radical (unpaired) electrons. The van der Waals surface area contributed by atoms with E-state index in [0.717, 1.165) is 5.01 Å². The third kappa shape index (κ3) is 3.61. The number of imide groups is 1. The molecule has 30 heavy (non-hydrogen) atoms. The van der Waals surface area contributed by atoms with E-state index in [-0.39, 0.29) is 0 Å². The summed E-state index contributed by atoms with van der Waals surface area (Å²) in [6, 6.07) is 9.55. The van der Waals surface area contributed by atoms with Gasteiger partial charge in [-0.2, -0.15) is 5.10 Å². The van der Waals surface area contributed by atoms with E-state index in [9.17, 15) is 9.59 Å². The second kappa shape index (κ2) is 8.32. The Hall–Kier alpha value is -3.75. The van der Waals surface area contributed by atoms with E-state index >= 15 is 0 Å². The molecule has 9 heteroatoms. The third-order valence-electron chi connectivity index (χ3n) is 4.89. The minimum Gasteiger partial charge on any atom is -0.497 e. The van der Waals surface area contributed by atoms with E-state index in [1.54, 1.807) is 50.4 Å². The van der Waals surface area contributed by atoms with Crippen LogP contribution in [-0.2, 0) is 10.3 Å². The number of hydrazone groups is 1. The van der Waals surface area contributed by atoms with E-state index in [2.05, 4.69) is 10.4 Å². The van der Waals surface area contributed by atoms with Crippen molar-refractivity contribution in [1.29, 1.82) is 0 Å². The van der Waals surface area contributed by atoms with Gasteiger partial charge in [0.15, 0.2) is 0 Å². The molecule has 1 saturated heterocycles. The zero-order chi connectivity index (χ0) is 21.9. The number of carbonyl (C=O) groups is 2. The molecule has 1 fully saturated rings. The van der Waals surface area contributed by atoms with Crippen molar-refractivity contribution in [3.63, 3.8) is 0 Å². The summed E-state index contributed by atoms with van der Waals surface area (Å²) in [5.74, 6) is 1.50. The van der Waals surface area contributed by atoms with Crippen LogP contribution in [0.1, 0.15) is 18.1 Å². The lowest BCUT2D eigenvalue weighted by molar-refractivity contribution is -0.131. The zero-order valence-electron chi connectivity index (χ0n) is 17.4. The normalized spacial score (nSPS) is 18.5. The lowest BCUT2D eigenvalue weighted by atomic mass is 9.92. The Morgan fingerprint density at radius 1 is 0.900 bits per heavy atom. The number of nitrogens with zero attached hydrogens (tertiary/aromatic N) is 2. The molecule has 1 aliphatic heterocycles. The molecule has 1 heterocycles. The molecule has 0 unspecified atom stereocenters. The van der Waals surface area contributed by atoms with Crippen molar-refractivity contribution in [2.75, 3.05) is 28.4 Å². The smallest absolute Gasteiger partial charge is 0.346 e. The fourth-order valence-electron chi connectivity index (χ4n) is 3.12. The average molecular weight is 413 g/mol. The second-order valence-electron chi connectivity index (χ2n) is 6.59. The molecule has 0 saturated carbocycles. The van der Waals surface area contributed by atoms with Crippen molar-refractivity contribution in [1.82, 2.24) is 10.3 Å². The van der Waals surface area contributed by atoms with Crippen LogP contribution in [0.3, 0.4) is 0 Å². The maximum absolute atomic E-state index is 13.0. The predicted molar refractivity (Wildman–Crippen MR) is 109 cm³/mol. The highest BCUT2D eigenvalue weighted by atomic mass is 16.5. The molecule has 0 spiro atoms. The summed E-state index contributed by atoms with van der Waals surface area (Å²) in [5.41, 5.74) is -0.187. The van der Waals surface area contributed by atoms with E-state index in [0.29, 0.717) is 34.1 Å². The number of carbonyl (C=O) groups excluding carboxylic acids is 2. The number of nitrogens with one attached hydrogen (secondary N) is 1. The molecule has 9 nitrogen and oxygen atoms in total. The van der Waals surface area contributed by atoms with Crippen LogP contribution in [0.15, 0.2) is 41.5 Å². The van der Waals surface area contributed by atoms with Gasteiger partial charge >= 0.3 is 6.03 Å². The van der Waals surface area contributed by atoms with Crippen LogP contribution >= 0.6 is 0 Å². The van der Waals surface area contributed by atoms with Crippen LogP contribution in [0.25, 0.3) is 0 Å². The number of methoxy groups -OCH3 is 4.